The first-order valence-electron chi connectivity index (χ1n) is 10.1. The molecule has 1 aliphatic carbocycles. The van der Waals surface area contributed by atoms with Crippen molar-refractivity contribution in [3.63, 3.8) is 0 Å². The molecule has 5 nitrogen and oxygen atoms in total. The Bertz CT molecular complexity index is 924. The Morgan fingerprint density at radius 3 is 2.76 bits per heavy atom. The van der Waals surface area contributed by atoms with Crippen molar-refractivity contribution in [2.24, 2.45) is 0 Å². The van der Waals surface area contributed by atoms with Gasteiger partial charge in [0.15, 0.2) is 11.6 Å². The predicted molar refractivity (Wildman–Crippen MR) is 109 cm³/mol. The number of anilines is 1. The van der Waals surface area contributed by atoms with Crippen LogP contribution in [0.15, 0.2) is 42.5 Å². The molecule has 1 N–H and O–H groups in total. The van der Waals surface area contributed by atoms with E-state index in [1.54, 1.807) is 11.0 Å². The minimum absolute atomic E-state index is 0.00899. The maximum Gasteiger partial charge on any atom is 0.240 e. The standard InChI is InChI=1S/C23H25FN2O3/c1-29-21-10-9-16(13-19(21)24)17-11-18(12-17)25-22(27)14-26-20-7-3-2-5-15(20)6-4-8-23(26)28/h2-3,5,7,9-10,13,17-18H,4,6,8,11-12,14H2,1H3,(H,25,27). The Labute approximate surface area is 169 Å². The van der Waals surface area contributed by atoms with Crippen LogP contribution in [-0.2, 0) is 16.0 Å². The van der Waals surface area contributed by atoms with E-state index < -0.39 is 0 Å². The number of aryl methyl sites for hydroxylation is 1. The molecule has 0 unspecified atom stereocenters. The number of hydrogen-bond donors (Lipinski definition) is 1. The van der Waals surface area contributed by atoms with Gasteiger partial charge in [0.1, 0.15) is 6.54 Å². The zero-order valence-corrected chi connectivity index (χ0v) is 16.5. The fraction of sp³-hybridized carbons (Fsp3) is 0.391. The minimum Gasteiger partial charge on any atom is -0.494 e. The summed E-state index contributed by atoms with van der Waals surface area (Å²) in [6.07, 6.45) is 3.64. The van der Waals surface area contributed by atoms with Crippen LogP contribution in [0.25, 0.3) is 0 Å². The molecule has 1 saturated carbocycles. The average Bonchev–Trinajstić information content (AvgIpc) is 2.83. The SMILES string of the molecule is COc1ccc(C2CC(NC(=O)CN3C(=O)CCCc4ccccc43)C2)cc1F. The summed E-state index contributed by atoms with van der Waals surface area (Å²) in [6.45, 7) is 0.0359. The lowest BCUT2D eigenvalue weighted by molar-refractivity contribution is -0.124. The molecule has 0 aromatic heterocycles. The number of halogens is 1. The van der Waals surface area contributed by atoms with E-state index in [9.17, 15) is 14.0 Å². The van der Waals surface area contributed by atoms with Gasteiger partial charge in [-0.15, -0.1) is 0 Å². The van der Waals surface area contributed by atoms with Crippen LogP contribution in [-0.4, -0.2) is 31.5 Å². The van der Waals surface area contributed by atoms with E-state index in [0.29, 0.717) is 6.42 Å². The van der Waals surface area contributed by atoms with Crippen LogP contribution < -0.4 is 15.0 Å². The number of ether oxygens (including phenoxy) is 1. The van der Waals surface area contributed by atoms with Crippen LogP contribution in [0.4, 0.5) is 10.1 Å². The van der Waals surface area contributed by atoms with Crippen molar-refractivity contribution >= 4 is 17.5 Å². The molecule has 0 radical (unpaired) electrons. The molecule has 1 heterocycles. The highest BCUT2D eigenvalue weighted by atomic mass is 19.1. The Balaban J connectivity index is 1.34. The summed E-state index contributed by atoms with van der Waals surface area (Å²) < 4.78 is 18.9. The summed E-state index contributed by atoms with van der Waals surface area (Å²) in [4.78, 5) is 26.7. The minimum atomic E-state index is -0.365. The second-order valence-corrected chi connectivity index (χ2v) is 7.79. The summed E-state index contributed by atoms with van der Waals surface area (Å²) in [5.41, 5.74) is 2.87. The highest BCUT2D eigenvalue weighted by Gasteiger charge is 2.33. The molecule has 1 fully saturated rings. The maximum absolute atomic E-state index is 13.9. The maximum atomic E-state index is 13.9. The van der Waals surface area contributed by atoms with Gasteiger partial charge in [0.05, 0.1) is 7.11 Å². The van der Waals surface area contributed by atoms with Crippen LogP contribution in [0, 0.1) is 5.82 Å². The van der Waals surface area contributed by atoms with Gasteiger partial charge >= 0.3 is 0 Å². The number of hydrogen-bond acceptors (Lipinski definition) is 3. The quantitative estimate of drug-likeness (QED) is 0.841. The largest absolute Gasteiger partial charge is 0.494 e. The number of para-hydroxylation sites is 1. The molecule has 0 bridgehead atoms. The number of methoxy groups -OCH3 is 1. The topological polar surface area (TPSA) is 58.6 Å². The first-order valence-corrected chi connectivity index (χ1v) is 10.1. The number of rotatable bonds is 5. The van der Waals surface area contributed by atoms with Gasteiger partial charge in [-0.1, -0.05) is 24.3 Å². The summed E-state index contributed by atoms with van der Waals surface area (Å²) in [7, 11) is 1.44. The van der Waals surface area contributed by atoms with E-state index in [-0.39, 0.29) is 41.9 Å². The van der Waals surface area contributed by atoms with Crippen molar-refractivity contribution in [3.05, 3.63) is 59.4 Å². The van der Waals surface area contributed by atoms with E-state index in [1.165, 1.54) is 13.2 Å². The Hall–Kier alpha value is -2.89. The molecular weight excluding hydrogens is 371 g/mol. The lowest BCUT2D eigenvalue weighted by Crippen LogP contribution is -2.48. The Morgan fingerprint density at radius 2 is 2.00 bits per heavy atom. The van der Waals surface area contributed by atoms with E-state index >= 15 is 0 Å². The van der Waals surface area contributed by atoms with Crippen LogP contribution >= 0.6 is 0 Å². The number of fused-ring (bicyclic) bond motifs is 1. The van der Waals surface area contributed by atoms with Gasteiger partial charge in [0.2, 0.25) is 11.8 Å². The Morgan fingerprint density at radius 1 is 1.21 bits per heavy atom. The van der Waals surface area contributed by atoms with E-state index in [0.717, 1.165) is 42.5 Å². The number of nitrogens with zero attached hydrogens (tertiary/aromatic N) is 1. The smallest absolute Gasteiger partial charge is 0.240 e. The fourth-order valence-corrected chi connectivity index (χ4v) is 4.22. The number of benzene rings is 2. The third-order valence-electron chi connectivity index (χ3n) is 5.87. The van der Waals surface area contributed by atoms with Crippen LogP contribution in [0.3, 0.4) is 0 Å². The van der Waals surface area contributed by atoms with Gasteiger partial charge in [0.25, 0.3) is 0 Å². The van der Waals surface area contributed by atoms with Crippen molar-refractivity contribution in [2.75, 3.05) is 18.6 Å². The predicted octanol–water partition coefficient (Wildman–Crippen LogP) is 3.57. The van der Waals surface area contributed by atoms with Crippen LogP contribution in [0.5, 0.6) is 5.75 Å². The number of carbonyl (C=O) groups excluding carboxylic acids is 2. The van der Waals surface area contributed by atoms with Gasteiger partial charge in [-0.3, -0.25) is 9.59 Å². The molecule has 2 aromatic carbocycles. The van der Waals surface area contributed by atoms with Gasteiger partial charge < -0.3 is 15.0 Å². The van der Waals surface area contributed by atoms with E-state index in [1.807, 2.05) is 30.3 Å². The monoisotopic (exact) mass is 396 g/mol. The van der Waals surface area contributed by atoms with Gasteiger partial charge in [-0.05, 0) is 60.9 Å². The third kappa shape index (κ3) is 4.11. The molecule has 0 atom stereocenters. The molecule has 1 aliphatic heterocycles. The summed E-state index contributed by atoms with van der Waals surface area (Å²) in [6, 6.07) is 12.9. The molecule has 0 saturated heterocycles. The first kappa shape index (κ1) is 19.4. The van der Waals surface area contributed by atoms with E-state index in [2.05, 4.69) is 5.32 Å². The molecular formula is C23H25FN2O3. The zero-order chi connectivity index (χ0) is 20.4. The highest BCUT2D eigenvalue weighted by Crippen LogP contribution is 2.38. The molecule has 2 aromatic rings. The van der Waals surface area contributed by atoms with Gasteiger partial charge in [-0.25, -0.2) is 4.39 Å². The number of nitrogens with one attached hydrogen (secondary N) is 1. The second-order valence-electron chi connectivity index (χ2n) is 7.79. The number of carbonyl (C=O) groups is 2. The molecule has 2 aliphatic rings. The van der Waals surface area contributed by atoms with Crippen molar-refractivity contribution in [3.8, 4) is 5.75 Å². The van der Waals surface area contributed by atoms with Gasteiger partial charge in [-0.2, -0.15) is 0 Å². The highest BCUT2D eigenvalue weighted by molar-refractivity contribution is 5.99. The molecule has 6 heteroatoms. The first-order chi connectivity index (χ1) is 14.0. The second kappa shape index (κ2) is 8.23. The fourth-order valence-electron chi connectivity index (χ4n) is 4.22. The molecule has 152 valence electrons. The van der Waals surface area contributed by atoms with Crippen molar-refractivity contribution < 1.29 is 18.7 Å². The average molecular weight is 396 g/mol. The molecule has 29 heavy (non-hydrogen) atoms. The lowest BCUT2D eigenvalue weighted by atomic mass is 9.76. The third-order valence-corrected chi connectivity index (χ3v) is 5.87. The van der Waals surface area contributed by atoms with Crippen LogP contribution in [0.1, 0.15) is 42.7 Å². The molecule has 2 amide bonds. The molecule has 0 spiro atoms. The van der Waals surface area contributed by atoms with Crippen molar-refractivity contribution in [1.82, 2.24) is 5.32 Å². The van der Waals surface area contributed by atoms with Crippen molar-refractivity contribution in [2.45, 2.75) is 44.1 Å². The van der Waals surface area contributed by atoms with E-state index in [4.69, 9.17) is 4.74 Å². The Kier molecular flexibility index (Phi) is 5.51. The summed E-state index contributed by atoms with van der Waals surface area (Å²) >= 11 is 0. The number of amides is 2. The normalized spacial score (nSPS) is 21.0. The van der Waals surface area contributed by atoms with Crippen LogP contribution in [0.2, 0.25) is 0 Å². The summed E-state index contributed by atoms with van der Waals surface area (Å²) in [5.74, 6) is -0.0675. The zero-order valence-electron chi connectivity index (χ0n) is 16.5. The lowest BCUT2D eigenvalue weighted by Gasteiger charge is -2.36. The van der Waals surface area contributed by atoms with Crippen molar-refractivity contribution in [1.29, 1.82) is 0 Å². The molecule has 4 rings (SSSR count). The summed E-state index contributed by atoms with van der Waals surface area (Å²) in [5, 5.41) is 3.02. The van der Waals surface area contributed by atoms with Gasteiger partial charge in [0, 0.05) is 18.2 Å².